The van der Waals surface area contributed by atoms with Crippen molar-refractivity contribution in [2.75, 3.05) is 17.3 Å². The maximum Gasteiger partial charge on any atom is 0.258 e. The molecule has 108 valence electrons. The quantitative estimate of drug-likeness (QED) is 0.921. The number of carbonyl (C=O) groups excluding carboxylic acids is 2. The molecule has 0 saturated heterocycles. The number of nitrogens with zero attached hydrogens (tertiary/aromatic N) is 1. The van der Waals surface area contributed by atoms with Crippen molar-refractivity contribution in [3.63, 3.8) is 0 Å². The Labute approximate surface area is 131 Å². The Morgan fingerprint density at radius 2 is 1.76 bits per heavy atom. The molecule has 0 spiro atoms. The molecule has 2 amide bonds. The Balaban J connectivity index is 2.17. The third-order valence-corrected chi connectivity index (χ3v) is 3.44. The van der Waals surface area contributed by atoms with E-state index in [2.05, 4.69) is 21.2 Å². The fourth-order valence-corrected chi connectivity index (χ4v) is 2.30. The van der Waals surface area contributed by atoms with Crippen molar-refractivity contribution in [1.29, 1.82) is 0 Å². The van der Waals surface area contributed by atoms with Crippen LogP contribution in [0.5, 0.6) is 0 Å². The van der Waals surface area contributed by atoms with E-state index in [4.69, 9.17) is 0 Å². The first-order valence-corrected chi connectivity index (χ1v) is 7.18. The van der Waals surface area contributed by atoms with Crippen LogP contribution in [0, 0.1) is 0 Å². The van der Waals surface area contributed by atoms with Crippen molar-refractivity contribution in [2.45, 2.75) is 6.92 Å². The first-order valence-electron chi connectivity index (χ1n) is 6.38. The van der Waals surface area contributed by atoms with Crippen LogP contribution in [-0.2, 0) is 4.79 Å². The number of nitrogens with one attached hydrogen (secondary N) is 1. The Morgan fingerprint density at radius 1 is 1.10 bits per heavy atom. The molecule has 0 aliphatic carbocycles. The second kappa shape index (κ2) is 6.54. The summed E-state index contributed by atoms with van der Waals surface area (Å²) >= 11 is 3.36. The van der Waals surface area contributed by atoms with E-state index in [9.17, 15) is 9.59 Å². The average molecular weight is 347 g/mol. The molecule has 4 nitrogen and oxygen atoms in total. The van der Waals surface area contributed by atoms with Crippen molar-refractivity contribution in [1.82, 2.24) is 0 Å². The molecular weight excluding hydrogens is 332 g/mol. The van der Waals surface area contributed by atoms with Crippen molar-refractivity contribution in [2.24, 2.45) is 0 Å². The molecule has 2 aromatic rings. The number of rotatable bonds is 3. The summed E-state index contributed by atoms with van der Waals surface area (Å²) < 4.78 is 0.864. The predicted molar refractivity (Wildman–Crippen MR) is 87.6 cm³/mol. The highest BCUT2D eigenvalue weighted by Gasteiger charge is 2.13. The van der Waals surface area contributed by atoms with Gasteiger partial charge in [0.1, 0.15) is 0 Å². The van der Waals surface area contributed by atoms with Crippen LogP contribution in [0.15, 0.2) is 53.0 Å². The Kier molecular flexibility index (Phi) is 4.75. The molecule has 0 heterocycles. The average Bonchev–Trinajstić information content (AvgIpc) is 2.46. The predicted octanol–water partition coefficient (Wildman–Crippen LogP) is 3.68. The van der Waals surface area contributed by atoms with E-state index in [0.717, 1.165) is 10.2 Å². The maximum absolute atomic E-state index is 12.4. The van der Waals surface area contributed by atoms with Crippen LogP contribution in [0.3, 0.4) is 0 Å². The standard InChI is InChI=1S/C16H15BrN2O2/c1-11(20)18-14-6-8-15(9-7-14)19(2)16(21)12-4-3-5-13(17)10-12/h3-10H,1-2H3,(H,18,20). The fourth-order valence-electron chi connectivity index (χ4n) is 1.90. The second-order valence-electron chi connectivity index (χ2n) is 4.60. The Hall–Kier alpha value is -2.14. The molecule has 0 fully saturated rings. The highest BCUT2D eigenvalue weighted by molar-refractivity contribution is 9.10. The molecule has 0 bridgehead atoms. The van der Waals surface area contributed by atoms with Crippen LogP contribution in [0.4, 0.5) is 11.4 Å². The lowest BCUT2D eigenvalue weighted by atomic mass is 10.2. The molecule has 0 aliphatic heterocycles. The van der Waals surface area contributed by atoms with Crippen LogP contribution in [0.1, 0.15) is 17.3 Å². The topological polar surface area (TPSA) is 49.4 Å². The van der Waals surface area contributed by atoms with E-state index < -0.39 is 0 Å². The smallest absolute Gasteiger partial charge is 0.258 e. The summed E-state index contributed by atoms with van der Waals surface area (Å²) in [5, 5.41) is 2.69. The number of halogens is 1. The zero-order valence-electron chi connectivity index (χ0n) is 11.8. The normalized spacial score (nSPS) is 10.0. The fraction of sp³-hybridized carbons (Fsp3) is 0.125. The molecule has 21 heavy (non-hydrogen) atoms. The number of hydrogen-bond donors (Lipinski definition) is 1. The van der Waals surface area contributed by atoms with Gasteiger partial charge in [-0.2, -0.15) is 0 Å². The van der Waals surface area contributed by atoms with E-state index in [-0.39, 0.29) is 11.8 Å². The zero-order valence-corrected chi connectivity index (χ0v) is 13.3. The van der Waals surface area contributed by atoms with E-state index in [1.165, 1.54) is 6.92 Å². The van der Waals surface area contributed by atoms with Crippen LogP contribution in [-0.4, -0.2) is 18.9 Å². The van der Waals surface area contributed by atoms with Gasteiger partial charge in [-0.05, 0) is 42.5 Å². The summed E-state index contributed by atoms with van der Waals surface area (Å²) in [6.45, 7) is 1.46. The van der Waals surface area contributed by atoms with Crippen LogP contribution < -0.4 is 10.2 Å². The molecule has 1 N–H and O–H groups in total. The monoisotopic (exact) mass is 346 g/mol. The summed E-state index contributed by atoms with van der Waals surface area (Å²) in [7, 11) is 1.72. The van der Waals surface area contributed by atoms with Gasteiger partial charge in [0.15, 0.2) is 0 Å². The number of benzene rings is 2. The van der Waals surface area contributed by atoms with Crippen LogP contribution in [0.25, 0.3) is 0 Å². The number of amides is 2. The Bertz CT molecular complexity index is 668. The molecule has 0 aliphatic rings. The molecule has 0 aromatic heterocycles. The van der Waals surface area contributed by atoms with Gasteiger partial charge in [-0.1, -0.05) is 22.0 Å². The highest BCUT2D eigenvalue weighted by Crippen LogP contribution is 2.20. The number of hydrogen-bond acceptors (Lipinski definition) is 2. The van der Waals surface area contributed by atoms with E-state index in [0.29, 0.717) is 11.3 Å². The van der Waals surface area contributed by atoms with Crippen molar-refractivity contribution in [3.8, 4) is 0 Å². The molecule has 0 unspecified atom stereocenters. The lowest BCUT2D eigenvalue weighted by Gasteiger charge is -2.18. The van der Waals surface area contributed by atoms with Crippen LogP contribution in [0.2, 0.25) is 0 Å². The van der Waals surface area contributed by atoms with Gasteiger partial charge in [0.2, 0.25) is 5.91 Å². The van der Waals surface area contributed by atoms with Crippen molar-refractivity contribution >= 4 is 39.1 Å². The molecule has 2 rings (SSSR count). The van der Waals surface area contributed by atoms with Gasteiger partial charge in [-0.25, -0.2) is 0 Å². The van der Waals surface area contributed by atoms with Gasteiger partial charge in [0.25, 0.3) is 5.91 Å². The molecule has 0 saturated carbocycles. The summed E-state index contributed by atoms with van der Waals surface area (Å²) in [5.74, 6) is -0.218. The van der Waals surface area contributed by atoms with Crippen molar-refractivity contribution < 1.29 is 9.59 Å². The van der Waals surface area contributed by atoms with Gasteiger partial charge in [0, 0.05) is 35.4 Å². The SMILES string of the molecule is CC(=O)Nc1ccc(N(C)C(=O)c2cccc(Br)c2)cc1. The van der Waals surface area contributed by atoms with Gasteiger partial charge in [-0.15, -0.1) is 0 Å². The maximum atomic E-state index is 12.4. The van der Waals surface area contributed by atoms with E-state index in [1.54, 1.807) is 48.3 Å². The minimum Gasteiger partial charge on any atom is -0.326 e. The van der Waals surface area contributed by atoms with Gasteiger partial charge >= 0.3 is 0 Å². The minimum atomic E-state index is -0.124. The summed E-state index contributed by atoms with van der Waals surface area (Å²) in [6.07, 6.45) is 0. The number of anilines is 2. The molecule has 0 radical (unpaired) electrons. The third kappa shape index (κ3) is 3.92. The third-order valence-electron chi connectivity index (χ3n) is 2.95. The summed E-state index contributed by atoms with van der Waals surface area (Å²) in [6, 6.07) is 14.4. The molecule has 2 aromatic carbocycles. The minimum absolute atomic E-state index is 0.0939. The van der Waals surface area contributed by atoms with Gasteiger partial charge in [-0.3, -0.25) is 9.59 Å². The second-order valence-corrected chi connectivity index (χ2v) is 5.52. The van der Waals surface area contributed by atoms with Crippen molar-refractivity contribution in [3.05, 3.63) is 58.6 Å². The van der Waals surface area contributed by atoms with Gasteiger partial charge < -0.3 is 10.2 Å². The Morgan fingerprint density at radius 3 is 2.33 bits per heavy atom. The van der Waals surface area contributed by atoms with Gasteiger partial charge in [0.05, 0.1) is 0 Å². The van der Waals surface area contributed by atoms with E-state index >= 15 is 0 Å². The van der Waals surface area contributed by atoms with E-state index in [1.807, 2.05) is 12.1 Å². The largest absolute Gasteiger partial charge is 0.326 e. The first-order chi connectivity index (χ1) is 9.97. The van der Waals surface area contributed by atoms with Crippen LogP contribution >= 0.6 is 15.9 Å². The molecule has 5 heteroatoms. The lowest BCUT2D eigenvalue weighted by Crippen LogP contribution is -2.26. The highest BCUT2D eigenvalue weighted by atomic mass is 79.9. The molecule has 0 atom stereocenters. The summed E-state index contributed by atoms with van der Waals surface area (Å²) in [5.41, 5.74) is 2.07. The zero-order chi connectivity index (χ0) is 15.4. The molecular formula is C16H15BrN2O2. The summed E-state index contributed by atoms with van der Waals surface area (Å²) in [4.78, 5) is 24.9. The lowest BCUT2D eigenvalue weighted by molar-refractivity contribution is -0.114. The first kappa shape index (κ1) is 15.3. The number of carbonyl (C=O) groups is 2.